The number of nitrogens with zero attached hydrogens (tertiary/aromatic N) is 1. The molecule has 0 bridgehead atoms. The fraction of sp³-hybridized carbons (Fsp3) is 0.278. The van der Waals surface area contributed by atoms with Crippen molar-refractivity contribution in [3.63, 3.8) is 0 Å². The van der Waals surface area contributed by atoms with Gasteiger partial charge in [-0.05, 0) is 31.0 Å². The van der Waals surface area contributed by atoms with Gasteiger partial charge in [0.1, 0.15) is 22.9 Å². The van der Waals surface area contributed by atoms with Crippen LogP contribution in [-0.4, -0.2) is 29.1 Å². The maximum Gasteiger partial charge on any atom is 0.261 e. The lowest BCUT2D eigenvalue weighted by molar-refractivity contribution is 0.0720. The molecule has 5 heteroatoms. The van der Waals surface area contributed by atoms with E-state index in [1.54, 1.807) is 12.0 Å². The number of hydrogen-bond acceptors (Lipinski definition) is 3. The van der Waals surface area contributed by atoms with Crippen LogP contribution in [-0.2, 0) is 6.54 Å². The molecule has 1 amide bonds. The first-order valence-electron chi connectivity index (χ1n) is 7.52. The third-order valence-corrected chi connectivity index (χ3v) is 3.99. The van der Waals surface area contributed by atoms with E-state index in [2.05, 4.69) is 0 Å². The molecule has 1 N–H and O–H groups in total. The van der Waals surface area contributed by atoms with E-state index in [-0.39, 0.29) is 17.4 Å². The van der Waals surface area contributed by atoms with Gasteiger partial charge in [0.15, 0.2) is 0 Å². The average molecular weight is 315 g/mol. The number of carbonyl (C=O) groups excluding carboxylic acids is 1. The Morgan fingerprint density at radius 3 is 2.65 bits per heavy atom. The molecule has 120 valence electrons. The Labute approximate surface area is 134 Å². The molecule has 23 heavy (non-hydrogen) atoms. The summed E-state index contributed by atoms with van der Waals surface area (Å²) in [6, 6.07) is 11.4. The first-order chi connectivity index (χ1) is 11.1. The van der Waals surface area contributed by atoms with Crippen LogP contribution in [0.3, 0.4) is 0 Å². The predicted octanol–water partition coefficient (Wildman–Crippen LogP) is 3.34. The summed E-state index contributed by atoms with van der Waals surface area (Å²) in [6.07, 6.45) is 1.77. The predicted molar refractivity (Wildman–Crippen MR) is 84.0 cm³/mol. The van der Waals surface area contributed by atoms with Gasteiger partial charge in [0, 0.05) is 18.2 Å². The molecular formula is C18H18FNO3. The van der Waals surface area contributed by atoms with Gasteiger partial charge < -0.3 is 14.7 Å². The monoisotopic (exact) mass is 315 g/mol. The number of halogens is 1. The largest absolute Gasteiger partial charge is 0.507 e. The van der Waals surface area contributed by atoms with Crippen LogP contribution in [0.2, 0.25) is 0 Å². The van der Waals surface area contributed by atoms with E-state index in [1.165, 1.54) is 18.2 Å². The summed E-state index contributed by atoms with van der Waals surface area (Å²) in [5, 5.41) is 9.87. The third-order valence-electron chi connectivity index (χ3n) is 3.99. The lowest BCUT2D eigenvalue weighted by Crippen LogP contribution is -2.33. The number of phenols is 1. The Hall–Kier alpha value is -2.56. The van der Waals surface area contributed by atoms with Crippen molar-refractivity contribution in [2.45, 2.75) is 25.4 Å². The van der Waals surface area contributed by atoms with Gasteiger partial charge in [0.2, 0.25) is 0 Å². The van der Waals surface area contributed by atoms with Crippen LogP contribution in [0.4, 0.5) is 4.39 Å². The van der Waals surface area contributed by atoms with E-state index in [1.807, 2.05) is 24.3 Å². The number of phenolic OH excluding ortho intramolecular Hbond substituents is 1. The number of para-hydroxylation sites is 1. The quantitative estimate of drug-likeness (QED) is 0.920. The standard InChI is InChI=1S/C18H18FNO3/c1-23-16-8-3-2-5-12(16)11-20(13-9-10-13)18(22)17-14(19)6-4-7-15(17)21/h2-8,13,21H,9-11H2,1H3. The second-order valence-electron chi connectivity index (χ2n) is 5.61. The first-order valence-corrected chi connectivity index (χ1v) is 7.52. The van der Waals surface area contributed by atoms with E-state index < -0.39 is 11.7 Å². The number of ether oxygens (including phenoxy) is 1. The Bertz CT molecular complexity index is 708. The highest BCUT2D eigenvalue weighted by molar-refractivity contribution is 5.97. The molecule has 0 spiro atoms. The van der Waals surface area contributed by atoms with E-state index in [9.17, 15) is 14.3 Å². The van der Waals surface area contributed by atoms with Gasteiger partial charge in [-0.25, -0.2) is 4.39 Å². The number of carbonyl (C=O) groups is 1. The Morgan fingerprint density at radius 2 is 2.00 bits per heavy atom. The van der Waals surface area contributed by atoms with E-state index in [4.69, 9.17) is 4.74 Å². The molecule has 2 aromatic carbocycles. The molecular weight excluding hydrogens is 297 g/mol. The number of benzene rings is 2. The van der Waals surface area contributed by atoms with Gasteiger partial charge in [-0.3, -0.25) is 4.79 Å². The second-order valence-corrected chi connectivity index (χ2v) is 5.61. The normalized spacial score (nSPS) is 13.7. The van der Waals surface area contributed by atoms with Crippen LogP contribution in [0.1, 0.15) is 28.8 Å². The van der Waals surface area contributed by atoms with Crippen LogP contribution >= 0.6 is 0 Å². The Balaban J connectivity index is 1.92. The van der Waals surface area contributed by atoms with Gasteiger partial charge in [-0.1, -0.05) is 24.3 Å². The van der Waals surface area contributed by atoms with Gasteiger partial charge in [0.25, 0.3) is 5.91 Å². The third kappa shape index (κ3) is 3.13. The average Bonchev–Trinajstić information content (AvgIpc) is 3.37. The van der Waals surface area contributed by atoms with Crippen LogP contribution in [0.5, 0.6) is 11.5 Å². The number of rotatable bonds is 5. The number of amides is 1. The smallest absolute Gasteiger partial charge is 0.261 e. The van der Waals surface area contributed by atoms with Crippen LogP contribution in [0.15, 0.2) is 42.5 Å². The van der Waals surface area contributed by atoms with E-state index in [0.717, 1.165) is 18.4 Å². The molecule has 1 fully saturated rings. The molecule has 0 saturated heterocycles. The molecule has 0 heterocycles. The van der Waals surface area contributed by atoms with Gasteiger partial charge in [-0.2, -0.15) is 0 Å². The van der Waals surface area contributed by atoms with Crippen molar-refractivity contribution in [1.82, 2.24) is 4.90 Å². The molecule has 0 atom stereocenters. The van der Waals surface area contributed by atoms with Crippen molar-refractivity contribution in [2.24, 2.45) is 0 Å². The molecule has 1 aliphatic rings. The molecule has 0 aliphatic heterocycles. The SMILES string of the molecule is COc1ccccc1CN(C(=O)c1c(O)cccc1F)C1CC1. The molecule has 3 rings (SSSR count). The maximum atomic E-state index is 14.0. The molecule has 0 unspecified atom stereocenters. The number of hydrogen-bond donors (Lipinski definition) is 1. The highest BCUT2D eigenvalue weighted by atomic mass is 19.1. The number of aromatic hydroxyl groups is 1. The topological polar surface area (TPSA) is 49.8 Å². The highest BCUT2D eigenvalue weighted by Crippen LogP contribution is 2.33. The lowest BCUT2D eigenvalue weighted by atomic mass is 10.1. The van der Waals surface area contributed by atoms with Crippen molar-refractivity contribution < 1.29 is 19.0 Å². The van der Waals surface area contributed by atoms with Crippen molar-refractivity contribution in [3.05, 3.63) is 59.4 Å². The summed E-state index contributed by atoms with van der Waals surface area (Å²) in [6.45, 7) is 0.321. The molecule has 0 radical (unpaired) electrons. The van der Waals surface area contributed by atoms with Crippen LogP contribution in [0, 0.1) is 5.82 Å². The van der Waals surface area contributed by atoms with Crippen molar-refractivity contribution in [2.75, 3.05) is 7.11 Å². The summed E-state index contributed by atoms with van der Waals surface area (Å²) in [5.74, 6) is -0.848. The second kappa shape index (κ2) is 6.28. The minimum absolute atomic E-state index is 0.0754. The fourth-order valence-corrected chi connectivity index (χ4v) is 2.64. The summed E-state index contributed by atoms with van der Waals surface area (Å²) >= 11 is 0. The lowest BCUT2D eigenvalue weighted by Gasteiger charge is -2.24. The van der Waals surface area contributed by atoms with Crippen molar-refractivity contribution >= 4 is 5.91 Å². The van der Waals surface area contributed by atoms with E-state index in [0.29, 0.717) is 12.3 Å². The fourth-order valence-electron chi connectivity index (χ4n) is 2.64. The maximum absolute atomic E-state index is 14.0. The zero-order chi connectivity index (χ0) is 16.4. The summed E-state index contributed by atoms with van der Waals surface area (Å²) < 4.78 is 19.3. The van der Waals surface area contributed by atoms with E-state index >= 15 is 0 Å². The summed E-state index contributed by atoms with van der Waals surface area (Å²) in [5.41, 5.74) is 0.584. The summed E-state index contributed by atoms with van der Waals surface area (Å²) in [4.78, 5) is 14.4. The van der Waals surface area contributed by atoms with Gasteiger partial charge in [-0.15, -0.1) is 0 Å². The van der Waals surface area contributed by atoms with Gasteiger partial charge in [0.05, 0.1) is 7.11 Å². The molecule has 4 nitrogen and oxygen atoms in total. The van der Waals surface area contributed by atoms with Crippen molar-refractivity contribution in [1.29, 1.82) is 0 Å². The molecule has 1 saturated carbocycles. The Kier molecular flexibility index (Phi) is 4.19. The van der Waals surface area contributed by atoms with Gasteiger partial charge >= 0.3 is 0 Å². The molecule has 0 aromatic heterocycles. The molecule has 1 aliphatic carbocycles. The minimum Gasteiger partial charge on any atom is -0.507 e. The highest BCUT2D eigenvalue weighted by Gasteiger charge is 2.35. The van der Waals surface area contributed by atoms with Crippen LogP contribution in [0.25, 0.3) is 0 Å². The molecule has 2 aromatic rings. The number of methoxy groups -OCH3 is 1. The van der Waals surface area contributed by atoms with Crippen molar-refractivity contribution in [3.8, 4) is 11.5 Å². The Morgan fingerprint density at radius 1 is 1.26 bits per heavy atom. The zero-order valence-electron chi connectivity index (χ0n) is 12.8. The minimum atomic E-state index is -0.708. The first kappa shape index (κ1) is 15.3. The zero-order valence-corrected chi connectivity index (χ0v) is 12.8. The summed E-state index contributed by atoms with van der Waals surface area (Å²) in [7, 11) is 1.57. The van der Waals surface area contributed by atoms with Crippen LogP contribution < -0.4 is 4.74 Å².